The highest BCUT2D eigenvalue weighted by molar-refractivity contribution is 5.86. The number of hydrogen-bond acceptors (Lipinski definition) is 5. The van der Waals surface area contributed by atoms with Crippen LogP contribution in [0, 0.1) is 5.41 Å². The Morgan fingerprint density at radius 3 is 2.81 bits per heavy atom. The molecule has 3 aromatic heterocycles. The summed E-state index contributed by atoms with van der Waals surface area (Å²) in [7, 11) is 0. The summed E-state index contributed by atoms with van der Waals surface area (Å²) in [5.74, 6) is 1.08. The molecule has 0 bridgehead atoms. The second-order valence-corrected chi connectivity index (χ2v) is 7.18. The van der Waals surface area contributed by atoms with E-state index in [1.54, 1.807) is 6.20 Å². The minimum Gasteiger partial charge on any atom is -0.339 e. The molecule has 2 saturated heterocycles. The number of hydrogen-bond donors (Lipinski definition) is 0. The first kappa shape index (κ1) is 15.3. The first-order chi connectivity index (χ1) is 12.8. The largest absolute Gasteiger partial charge is 0.339 e. The number of nitrogens with zero attached hydrogens (tertiary/aromatic N) is 6. The van der Waals surface area contributed by atoms with E-state index in [1.165, 1.54) is 0 Å². The van der Waals surface area contributed by atoms with Crippen molar-refractivity contribution in [2.24, 2.45) is 5.41 Å². The average Bonchev–Trinajstić information content (AvgIpc) is 3.37. The summed E-state index contributed by atoms with van der Waals surface area (Å²) < 4.78 is 1.99. The van der Waals surface area contributed by atoms with Crippen LogP contribution >= 0.6 is 0 Å². The van der Waals surface area contributed by atoms with Crippen molar-refractivity contribution < 1.29 is 4.79 Å². The summed E-state index contributed by atoms with van der Waals surface area (Å²) in [5, 5.41) is 8.58. The zero-order chi connectivity index (χ0) is 17.6. The Labute approximate surface area is 151 Å². The summed E-state index contributed by atoms with van der Waals surface area (Å²) >= 11 is 0. The first-order valence-electron chi connectivity index (χ1n) is 8.99. The van der Waals surface area contributed by atoms with Crippen molar-refractivity contribution >= 4 is 17.5 Å². The lowest BCUT2D eigenvalue weighted by molar-refractivity contribution is -0.135. The lowest BCUT2D eigenvalue weighted by Gasteiger charge is -2.23. The van der Waals surface area contributed by atoms with Gasteiger partial charge in [0.15, 0.2) is 5.65 Å². The molecule has 0 aliphatic carbocycles. The van der Waals surface area contributed by atoms with Crippen LogP contribution in [0.25, 0.3) is 5.65 Å². The molecule has 0 aromatic carbocycles. The molecule has 1 amide bonds. The highest BCUT2D eigenvalue weighted by atomic mass is 16.2. The van der Waals surface area contributed by atoms with E-state index in [0.717, 1.165) is 43.2 Å². The topological polar surface area (TPSA) is 66.6 Å². The number of amides is 1. The molecule has 2 aliphatic heterocycles. The zero-order valence-electron chi connectivity index (χ0n) is 14.5. The fourth-order valence-corrected chi connectivity index (χ4v) is 4.20. The molecule has 2 fully saturated rings. The van der Waals surface area contributed by atoms with E-state index >= 15 is 0 Å². The minimum atomic E-state index is -0.296. The van der Waals surface area contributed by atoms with Crippen LogP contribution in [0.2, 0.25) is 0 Å². The van der Waals surface area contributed by atoms with Crippen LogP contribution in [0.5, 0.6) is 0 Å². The Balaban J connectivity index is 1.36. The van der Waals surface area contributed by atoms with Gasteiger partial charge in [0.25, 0.3) is 0 Å². The molecule has 1 unspecified atom stereocenters. The molecule has 5 rings (SSSR count). The van der Waals surface area contributed by atoms with Crippen LogP contribution in [0.3, 0.4) is 0 Å². The van der Waals surface area contributed by atoms with Gasteiger partial charge in [-0.3, -0.25) is 14.2 Å². The van der Waals surface area contributed by atoms with E-state index in [2.05, 4.69) is 20.1 Å². The van der Waals surface area contributed by atoms with Crippen molar-refractivity contribution in [3.05, 3.63) is 54.5 Å². The third-order valence-electron chi connectivity index (χ3n) is 5.61. The fraction of sp³-hybridized carbons (Fsp3) is 0.368. The lowest BCUT2D eigenvalue weighted by atomic mass is 9.85. The van der Waals surface area contributed by atoms with Gasteiger partial charge in [0, 0.05) is 32.0 Å². The fourth-order valence-electron chi connectivity index (χ4n) is 4.20. The molecule has 7 nitrogen and oxygen atoms in total. The van der Waals surface area contributed by atoms with Gasteiger partial charge in [-0.2, -0.15) is 0 Å². The van der Waals surface area contributed by atoms with Gasteiger partial charge in [0.05, 0.1) is 17.7 Å². The van der Waals surface area contributed by atoms with Crippen molar-refractivity contribution in [2.75, 3.05) is 24.5 Å². The monoisotopic (exact) mass is 348 g/mol. The molecule has 0 radical (unpaired) electrons. The van der Waals surface area contributed by atoms with Gasteiger partial charge in [0.1, 0.15) is 0 Å². The Morgan fingerprint density at radius 2 is 1.92 bits per heavy atom. The smallest absolute Gasteiger partial charge is 0.231 e. The Hall–Kier alpha value is -2.96. The van der Waals surface area contributed by atoms with E-state index < -0.39 is 0 Å². The van der Waals surface area contributed by atoms with Gasteiger partial charge >= 0.3 is 0 Å². The summed E-state index contributed by atoms with van der Waals surface area (Å²) in [6.07, 6.45) is 5.51. The van der Waals surface area contributed by atoms with Crippen molar-refractivity contribution in [3.8, 4) is 0 Å². The van der Waals surface area contributed by atoms with Crippen LogP contribution in [0.1, 0.15) is 18.5 Å². The minimum absolute atomic E-state index is 0.250. The van der Waals surface area contributed by atoms with Crippen molar-refractivity contribution in [1.82, 2.24) is 24.5 Å². The van der Waals surface area contributed by atoms with Crippen molar-refractivity contribution in [1.29, 1.82) is 0 Å². The van der Waals surface area contributed by atoms with Gasteiger partial charge in [-0.25, -0.2) is 0 Å². The van der Waals surface area contributed by atoms with Crippen LogP contribution in [-0.2, 0) is 11.3 Å². The average molecular weight is 348 g/mol. The van der Waals surface area contributed by atoms with Crippen LogP contribution in [-0.4, -0.2) is 50.0 Å². The first-order valence-corrected chi connectivity index (χ1v) is 8.99. The molecule has 3 aromatic rings. The molecule has 5 heterocycles. The normalized spacial score (nSPS) is 22.8. The maximum Gasteiger partial charge on any atom is 0.231 e. The standard InChI is InChI=1S/C19H20N6O/c26-17-19(7-11-23(17)13-15-5-1-3-9-20-15)8-12-24(14-19)18-22-21-16-6-2-4-10-25(16)18/h1-6,9-10H,7-8,11-14H2. The Morgan fingerprint density at radius 1 is 1.04 bits per heavy atom. The van der Waals surface area contributed by atoms with E-state index in [0.29, 0.717) is 13.1 Å². The number of anilines is 1. The maximum atomic E-state index is 13.1. The Bertz CT molecular complexity index is 955. The van der Waals surface area contributed by atoms with Gasteiger partial charge in [-0.05, 0) is 37.1 Å². The second-order valence-electron chi connectivity index (χ2n) is 7.18. The molecule has 132 valence electrons. The van der Waals surface area contributed by atoms with E-state index in [-0.39, 0.29) is 11.3 Å². The number of carbonyl (C=O) groups excluding carboxylic acids is 1. The number of fused-ring (bicyclic) bond motifs is 1. The lowest BCUT2D eigenvalue weighted by Crippen LogP contribution is -2.37. The molecule has 2 aliphatic rings. The number of pyridine rings is 2. The molecule has 1 atom stereocenters. The molecule has 0 N–H and O–H groups in total. The SMILES string of the molecule is O=C1N(Cc2ccccn2)CCC12CCN(c1nnc3ccccn13)C2. The molecule has 7 heteroatoms. The van der Waals surface area contributed by atoms with Crippen LogP contribution in [0.15, 0.2) is 48.8 Å². The molecule has 1 spiro atoms. The van der Waals surface area contributed by atoms with Crippen molar-refractivity contribution in [3.63, 3.8) is 0 Å². The highest BCUT2D eigenvalue weighted by Crippen LogP contribution is 2.42. The molecule has 26 heavy (non-hydrogen) atoms. The summed E-state index contributed by atoms with van der Waals surface area (Å²) in [4.78, 5) is 21.6. The van der Waals surface area contributed by atoms with Gasteiger partial charge in [0.2, 0.25) is 11.9 Å². The molecular weight excluding hydrogens is 328 g/mol. The summed E-state index contributed by atoms with van der Waals surface area (Å²) in [5.41, 5.74) is 1.48. The van der Waals surface area contributed by atoms with E-state index in [1.807, 2.05) is 51.9 Å². The van der Waals surface area contributed by atoms with Crippen molar-refractivity contribution in [2.45, 2.75) is 19.4 Å². The Kier molecular flexibility index (Phi) is 3.41. The van der Waals surface area contributed by atoms with Gasteiger partial charge in [-0.15, -0.1) is 10.2 Å². The van der Waals surface area contributed by atoms with Crippen LogP contribution < -0.4 is 4.90 Å². The van der Waals surface area contributed by atoms with Gasteiger partial charge in [-0.1, -0.05) is 12.1 Å². The predicted octanol–water partition coefficient (Wildman–Crippen LogP) is 1.75. The number of carbonyl (C=O) groups is 1. The van der Waals surface area contributed by atoms with E-state index in [9.17, 15) is 4.79 Å². The second kappa shape index (κ2) is 5.79. The quantitative estimate of drug-likeness (QED) is 0.721. The number of rotatable bonds is 3. The third-order valence-corrected chi connectivity index (χ3v) is 5.61. The summed E-state index contributed by atoms with van der Waals surface area (Å²) in [6, 6.07) is 11.7. The third kappa shape index (κ3) is 2.34. The van der Waals surface area contributed by atoms with Gasteiger partial charge < -0.3 is 9.80 Å². The number of aromatic nitrogens is 4. The maximum absolute atomic E-state index is 13.1. The zero-order valence-corrected chi connectivity index (χ0v) is 14.5. The summed E-state index contributed by atoms with van der Waals surface area (Å²) in [6.45, 7) is 2.93. The van der Waals surface area contributed by atoms with Crippen LogP contribution in [0.4, 0.5) is 5.95 Å². The predicted molar refractivity (Wildman–Crippen MR) is 96.5 cm³/mol. The highest BCUT2D eigenvalue weighted by Gasteiger charge is 2.51. The number of likely N-dealkylation sites (tertiary alicyclic amines) is 1. The molecular formula is C19H20N6O. The van der Waals surface area contributed by atoms with E-state index in [4.69, 9.17) is 0 Å². The molecule has 0 saturated carbocycles.